The van der Waals surface area contributed by atoms with Crippen LogP contribution in [0.1, 0.15) is 16.7 Å². The fourth-order valence-corrected chi connectivity index (χ4v) is 2.32. The molecule has 2 aliphatic carbocycles. The van der Waals surface area contributed by atoms with Gasteiger partial charge in [0.25, 0.3) is 0 Å². The summed E-state index contributed by atoms with van der Waals surface area (Å²) in [4.78, 5) is 4.18. The number of fused-ring (bicyclic) bond motifs is 3. The van der Waals surface area contributed by atoms with E-state index in [0.717, 1.165) is 11.1 Å². The molecule has 0 fully saturated rings. The van der Waals surface area contributed by atoms with E-state index in [1.54, 1.807) is 6.07 Å². The van der Waals surface area contributed by atoms with Crippen LogP contribution >= 0.6 is 0 Å². The number of nitriles is 3. The first-order valence-corrected chi connectivity index (χ1v) is 5.84. The molecule has 0 aromatic heterocycles. The van der Waals surface area contributed by atoms with Gasteiger partial charge < -0.3 is 0 Å². The molecule has 0 radical (unpaired) electrons. The fourth-order valence-electron chi connectivity index (χ4n) is 2.32. The molecule has 1 heterocycles. The second kappa shape index (κ2) is 4.35. The summed E-state index contributed by atoms with van der Waals surface area (Å²) in [6.45, 7) is 0. The number of hydrogen-bond donors (Lipinski definition) is 0. The zero-order valence-electron chi connectivity index (χ0n) is 10.3. The molecular weight excluding hydrogens is 248 g/mol. The third-order valence-corrected chi connectivity index (χ3v) is 3.18. The lowest BCUT2D eigenvalue weighted by molar-refractivity contribution is 1.37. The topological polar surface area (TPSA) is 84.3 Å². The predicted octanol–water partition coefficient (Wildman–Crippen LogP) is 2.91. The molecular formula is C16H6N4. The van der Waals surface area contributed by atoms with E-state index >= 15 is 0 Å². The lowest BCUT2D eigenvalue weighted by Gasteiger charge is -2.05. The SMILES string of the molecule is N#Cc1cc2cccc-2c2c(C#N)cnc-2c(C#N)c1. The molecule has 0 unspecified atom stereocenters. The standard InChI is InChI=1S/C16H6N4/c17-6-10-4-11-2-1-3-14(11)15-13(8-19)9-20-16(15)12(5-10)7-18/h1-5,9H. The molecule has 0 bridgehead atoms. The summed E-state index contributed by atoms with van der Waals surface area (Å²) < 4.78 is 0. The van der Waals surface area contributed by atoms with Gasteiger partial charge in [-0.15, -0.1) is 0 Å². The smallest absolute Gasteiger partial charge is 0.101 e. The molecule has 0 saturated carbocycles. The van der Waals surface area contributed by atoms with Crippen molar-refractivity contribution < 1.29 is 0 Å². The molecule has 1 aliphatic heterocycles. The number of hydrogen-bond acceptors (Lipinski definition) is 4. The first-order valence-electron chi connectivity index (χ1n) is 5.84. The van der Waals surface area contributed by atoms with Crippen LogP contribution in [0.4, 0.5) is 0 Å². The lowest BCUT2D eigenvalue weighted by atomic mass is 9.95. The highest BCUT2D eigenvalue weighted by Crippen LogP contribution is 2.38. The van der Waals surface area contributed by atoms with E-state index in [2.05, 4.69) is 17.1 Å². The van der Waals surface area contributed by atoms with Crippen LogP contribution in [0.15, 0.2) is 36.5 Å². The van der Waals surface area contributed by atoms with Crippen molar-refractivity contribution in [3.05, 3.63) is 53.2 Å². The number of nitrogens with zero attached hydrogens (tertiary/aromatic N) is 4. The van der Waals surface area contributed by atoms with Crippen molar-refractivity contribution >= 4 is 0 Å². The van der Waals surface area contributed by atoms with E-state index in [0.29, 0.717) is 27.9 Å². The van der Waals surface area contributed by atoms with E-state index in [1.165, 1.54) is 12.3 Å². The van der Waals surface area contributed by atoms with Crippen molar-refractivity contribution in [1.29, 1.82) is 15.8 Å². The van der Waals surface area contributed by atoms with Gasteiger partial charge in [-0.05, 0) is 23.3 Å². The normalized spacial score (nSPS) is 9.85. The van der Waals surface area contributed by atoms with Gasteiger partial charge in [0, 0.05) is 11.8 Å². The fraction of sp³-hybridized carbons (Fsp3) is 0. The highest BCUT2D eigenvalue weighted by atomic mass is 14.7. The van der Waals surface area contributed by atoms with Crippen molar-refractivity contribution in [2.24, 2.45) is 0 Å². The van der Waals surface area contributed by atoms with E-state index in [9.17, 15) is 10.5 Å². The van der Waals surface area contributed by atoms with Crippen LogP contribution in [-0.2, 0) is 0 Å². The average Bonchev–Trinajstić information content (AvgIpc) is 3.06. The number of aromatic nitrogens is 1. The minimum absolute atomic E-state index is 0.293. The summed E-state index contributed by atoms with van der Waals surface area (Å²) in [5, 5.41) is 27.6. The number of rotatable bonds is 0. The Balaban J connectivity index is 2.53. The van der Waals surface area contributed by atoms with Crippen molar-refractivity contribution in [2.75, 3.05) is 0 Å². The molecule has 20 heavy (non-hydrogen) atoms. The van der Waals surface area contributed by atoms with Crippen LogP contribution in [0.5, 0.6) is 0 Å². The second-order valence-electron chi connectivity index (χ2n) is 4.28. The summed E-state index contributed by atoms with van der Waals surface area (Å²) in [5.74, 6) is 0. The molecule has 3 aliphatic rings. The zero-order chi connectivity index (χ0) is 14.1. The van der Waals surface area contributed by atoms with E-state index in [4.69, 9.17) is 5.26 Å². The van der Waals surface area contributed by atoms with Gasteiger partial charge >= 0.3 is 0 Å². The molecule has 4 heteroatoms. The van der Waals surface area contributed by atoms with Gasteiger partial charge in [-0.1, -0.05) is 18.2 Å². The van der Waals surface area contributed by atoms with Crippen molar-refractivity contribution in [2.45, 2.75) is 0 Å². The van der Waals surface area contributed by atoms with E-state index in [1.807, 2.05) is 24.3 Å². The quantitative estimate of drug-likeness (QED) is 0.617. The van der Waals surface area contributed by atoms with Crippen molar-refractivity contribution in [3.8, 4) is 40.6 Å². The molecule has 0 atom stereocenters. The Labute approximate surface area is 115 Å². The van der Waals surface area contributed by atoms with Crippen LogP contribution in [0, 0.1) is 34.0 Å². The molecule has 90 valence electrons. The second-order valence-corrected chi connectivity index (χ2v) is 4.28. The van der Waals surface area contributed by atoms with Gasteiger partial charge in [0.05, 0.1) is 28.5 Å². The first-order chi connectivity index (χ1) is 9.78. The highest BCUT2D eigenvalue weighted by molar-refractivity contribution is 5.89. The molecule has 3 rings (SSSR count). The minimum Gasteiger partial charge on any atom is -0.253 e. The van der Waals surface area contributed by atoms with Crippen molar-refractivity contribution in [3.63, 3.8) is 0 Å². The van der Waals surface area contributed by atoms with Gasteiger partial charge in [-0.3, -0.25) is 4.98 Å². The van der Waals surface area contributed by atoms with Gasteiger partial charge in [0.2, 0.25) is 0 Å². The Morgan fingerprint density at radius 2 is 1.70 bits per heavy atom. The zero-order valence-corrected chi connectivity index (χ0v) is 10.3. The monoisotopic (exact) mass is 254 g/mol. The average molecular weight is 254 g/mol. The Hall–Kier alpha value is -3.42. The largest absolute Gasteiger partial charge is 0.253 e. The Kier molecular flexibility index (Phi) is 2.54. The minimum atomic E-state index is 0.293. The third-order valence-electron chi connectivity index (χ3n) is 3.18. The van der Waals surface area contributed by atoms with Gasteiger partial charge in [0.15, 0.2) is 0 Å². The van der Waals surface area contributed by atoms with Gasteiger partial charge in [-0.25, -0.2) is 0 Å². The molecule has 4 nitrogen and oxygen atoms in total. The molecule has 0 amide bonds. The molecule has 0 aromatic carbocycles. The molecule has 0 N–H and O–H groups in total. The lowest BCUT2D eigenvalue weighted by Crippen LogP contribution is -1.89. The predicted molar refractivity (Wildman–Crippen MR) is 71.6 cm³/mol. The van der Waals surface area contributed by atoms with Gasteiger partial charge in [0.1, 0.15) is 12.1 Å². The molecule has 0 aromatic rings. The Morgan fingerprint density at radius 1 is 0.900 bits per heavy atom. The summed E-state index contributed by atoms with van der Waals surface area (Å²) in [6, 6.07) is 15.0. The maximum absolute atomic E-state index is 9.27. The van der Waals surface area contributed by atoms with Crippen LogP contribution in [0.3, 0.4) is 0 Å². The summed E-state index contributed by atoms with van der Waals surface area (Å²) >= 11 is 0. The third kappa shape index (κ3) is 1.56. The Morgan fingerprint density at radius 3 is 2.40 bits per heavy atom. The van der Waals surface area contributed by atoms with Gasteiger partial charge in [-0.2, -0.15) is 15.8 Å². The summed E-state index contributed by atoms with van der Waals surface area (Å²) in [6.07, 6.45) is 1.46. The van der Waals surface area contributed by atoms with Crippen LogP contribution in [0.2, 0.25) is 0 Å². The molecule has 0 saturated heterocycles. The highest BCUT2D eigenvalue weighted by Gasteiger charge is 2.20. The maximum atomic E-state index is 9.27. The van der Waals surface area contributed by atoms with Crippen LogP contribution < -0.4 is 0 Å². The maximum Gasteiger partial charge on any atom is 0.101 e. The first kappa shape index (κ1) is 11.7. The molecule has 0 spiro atoms. The van der Waals surface area contributed by atoms with E-state index in [-0.39, 0.29) is 0 Å². The summed E-state index contributed by atoms with van der Waals surface area (Å²) in [5.41, 5.74) is 3.90. The van der Waals surface area contributed by atoms with Crippen LogP contribution in [0.25, 0.3) is 22.4 Å². The van der Waals surface area contributed by atoms with Crippen molar-refractivity contribution in [1.82, 2.24) is 4.98 Å². The van der Waals surface area contributed by atoms with E-state index < -0.39 is 0 Å². The van der Waals surface area contributed by atoms with Crippen LogP contribution in [-0.4, -0.2) is 4.98 Å². The summed E-state index contributed by atoms with van der Waals surface area (Å²) in [7, 11) is 0. The Bertz CT molecular complexity index is 890.